The molecule has 20 heavy (non-hydrogen) atoms. The van der Waals surface area contributed by atoms with E-state index in [0.29, 0.717) is 12.5 Å². The highest BCUT2D eigenvalue weighted by atomic mass is 16.5. The van der Waals surface area contributed by atoms with Crippen LogP contribution >= 0.6 is 0 Å². The van der Waals surface area contributed by atoms with Gasteiger partial charge in [0.1, 0.15) is 6.61 Å². The number of nitrogens with one attached hydrogen (secondary N) is 1. The Morgan fingerprint density at radius 3 is 2.85 bits per heavy atom. The molecule has 1 amide bonds. The second kappa shape index (κ2) is 7.41. The predicted octanol–water partition coefficient (Wildman–Crippen LogP) is 2.68. The number of hydrogen-bond donors (Lipinski definition) is 2. The molecule has 0 bridgehead atoms. The van der Waals surface area contributed by atoms with E-state index in [1.807, 2.05) is 24.3 Å². The van der Waals surface area contributed by atoms with E-state index in [9.17, 15) is 4.79 Å². The van der Waals surface area contributed by atoms with Gasteiger partial charge in [-0.1, -0.05) is 38.0 Å². The van der Waals surface area contributed by atoms with Crippen molar-refractivity contribution in [2.24, 2.45) is 11.7 Å². The van der Waals surface area contributed by atoms with Gasteiger partial charge in [-0.3, -0.25) is 4.79 Å². The number of hydrogen-bond acceptors (Lipinski definition) is 3. The van der Waals surface area contributed by atoms with Gasteiger partial charge in [-0.15, -0.1) is 0 Å². The maximum Gasteiger partial charge on any atom is 0.250 e. The Balaban J connectivity index is 1.83. The van der Waals surface area contributed by atoms with Crippen LogP contribution in [-0.4, -0.2) is 18.6 Å². The standard InChI is InChI=1S/C16H24N2O2/c1-12-6-2-5-9-15(12)20-11-16(19)18-14-8-4-3-7-13(14)10-17/h3-4,7-8,12,15H,2,5-6,9-11,17H2,1H3,(H,18,19). The van der Waals surface area contributed by atoms with Crippen LogP contribution in [0.1, 0.15) is 38.2 Å². The molecular weight excluding hydrogens is 252 g/mol. The molecule has 1 saturated carbocycles. The van der Waals surface area contributed by atoms with Crippen molar-refractivity contribution in [3.05, 3.63) is 29.8 Å². The van der Waals surface area contributed by atoms with Crippen LogP contribution in [0.4, 0.5) is 5.69 Å². The summed E-state index contributed by atoms with van der Waals surface area (Å²) in [4.78, 5) is 12.0. The van der Waals surface area contributed by atoms with E-state index in [1.54, 1.807) is 0 Å². The Kier molecular flexibility index (Phi) is 5.56. The first kappa shape index (κ1) is 15.0. The lowest BCUT2D eigenvalue weighted by atomic mass is 9.88. The van der Waals surface area contributed by atoms with Crippen molar-refractivity contribution >= 4 is 11.6 Å². The van der Waals surface area contributed by atoms with Gasteiger partial charge in [0.15, 0.2) is 0 Å². The van der Waals surface area contributed by atoms with E-state index in [1.165, 1.54) is 19.3 Å². The molecule has 0 saturated heterocycles. The first-order valence-corrected chi connectivity index (χ1v) is 7.40. The third-order valence-corrected chi connectivity index (χ3v) is 3.97. The molecule has 1 aromatic carbocycles. The van der Waals surface area contributed by atoms with Crippen LogP contribution < -0.4 is 11.1 Å². The van der Waals surface area contributed by atoms with Crippen molar-refractivity contribution in [1.82, 2.24) is 0 Å². The average molecular weight is 276 g/mol. The topological polar surface area (TPSA) is 64.3 Å². The highest BCUT2D eigenvalue weighted by molar-refractivity contribution is 5.92. The first-order valence-electron chi connectivity index (χ1n) is 7.40. The summed E-state index contributed by atoms with van der Waals surface area (Å²) < 4.78 is 5.76. The summed E-state index contributed by atoms with van der Waals surface area (Å²) in [7, 11) is 0. The number of carbonyl (C=O) groups is 1. The Labute approximate surface area is 120 Å². The molecule has 4 nitrogen and oxygen atoms in total. The highest BCUT2D eigenvalue weighted by Crippen LogP contribution is 2.26. The summed E-state index contributed by atoms with van der Waals surface area (Å²) in [6, 6.07) is 7.58. The van der Waals surface area contributed by atoms with Crippen LogP contribution in [0.3, 0.4) is 0 Å². The molecule has 0 radical (unpaired) electrons. The van der Waals surface area contributed by atoms with Crippen LogP contribution in [0.5, 0.6) is 0 Å². The number of nitrogens with two attached hydrogens (primary N) is 1. The zero-order valence-corrected chi connectivity index (χ0v) is 12.1. The molecular formula is C16H24N2O2. The van der Waals surface area contributed by atoms with Gasteiger partial charge in [-0.2, -0.15) is 0 Å². The van der Waals surface area contributed by atoms with Crippen LogP contribution in [0.15, 0.2) is 24.3 Å². The summed E-state index contributed by atoms with van der Waals surface area (Å²) in [6.07, 6.45) is 4.96. The van der Waals surface area contributed by atoms with E-state index in [4.69, 9.17) is 10.5 Å². The quantitative estimate of drug-likeness (QED) is 0.869. The van der Waals surface area contributed by atoms with E-state index < -0.39 is 0 Å². The maximum atomic E-state index is 12.0. The fraction of sp³-hybridized carbons (Fsp3) is 0.562. The van der Waals surface area contributed by atoms with E-state index in [-0.39, 0.29) is 18.6 Å². The Morgan fingerprint density at radius 2 is 2.10 bits per heavy atom. The Bertz CT molecular complexity index is 448. The lowest BCUT2D eigenvalue weighted by molar-refractivity contribution is -0.124. The zero-order valence-electron chi connectivity index (χ0n) is 12.1. The van der Waals surface area contributed by atoms with E-state index >= 15 is 0 Å². The second-order valence-corrected chi connectivity index (χ2v) is 5.52. The summed E-state index contributed by atoms with van der Waals surface area (Å²) >= 11 is 0. The molecule has 3 N–H and O–H groups in total. The predicted molar refractivity (Wildman–Crippen MR) is 80.3 cm³/mol. The molecule has 0 heterocycles. The minimum absolute atomic E-state index is 0.108. The van der Waals surface area contributed by atoms with Gasteiger partial charge < -0.3 is 15.8 Å². The third kappa shape index (κ3) is 4.05. The monoisotopic (exact) mass is 276 g/mol. The fourth-order valence-corrected chi connectivity index (χ4v) is 2.72. The van der Waals surface area contributed by atoms with Crippen molar-refractivity contribution in [2.75, 3.05) is 11.9 Å². The normalized spacial score (nSPS) is 22.5. The number of para-hydroxylation sites is 1. The van der Waals surface area contributed by atoms with Gasteiger partial charge in [-0.05, 0) is 30.4 Å². The molecule has 2 unspecified atom stereocenters. The van der Waals surface area contributed by atoms with Crippen LogP contribution in [0, 0.1) is 5.92 Å². The van der Waals surface area contributed by atoms with Crippen LogP contribution in [-0.2, 0) is 16.1 Å². The average Bonchev–Trinajstić information content (AvgIpc) is 2.47. The number of anilines is 1. The summed E-state index contributed by atoms with van der Waals surface area (Å²) in [5.74, 6) is 0.441. The smallest absolute Gasteiger partial charge is 0.250 e. The minimum Gasteiger partial charge on any atom is -0.368 e. The number of carbonyl (C=O) groups excluding carboxylic acids is 1. The highest BCUT2D eigenvalue weighted by Gasteiger charge is 2.22. The van der Waals surface area contributed by atoms with Crippen molar-refractivity contribution < 1.29 is 9.53 Å². The number of rotatable bonds is 5. The van der Waals surface area contributed by atoms with E-state index in [2.05, 4.69) is 12.2 Å². The molecule has 1 aliphatic rings. The van der Waals surface area contributed by atoms with Crippen molar-refractivity contribution in [3.63, 3.8) is 0 Å². The van der Waals surface area contributed by atoms with Crippen molar-refractivity contribution in [1.29, 1.82) is 0 Å². The van der Waals surface area contributed by atoms with Crippen molar-refractivity contribution in [2.45, 2.75) is 45.3 Å². The van der Waals surface area contributed by atoms with Gasteiger partial charge in [0.2, 0.25) is 5.91 Å². The molecule has 4 heteroatoms. The Hall–Kier alpha value is -1.39. The molecule has 1 aromatic rings. The van der Waals surface area contributed by atoms with Crippen LogP contribution in [0.25, 0.3) is 0 Å². The molecule has 1 fully saturated rings. The van der Waals surface area contributed by atoms with Gasteiger partial charge in [-0.25, -0.2) is 0 Å². The van der Waals surface area contributed by atoms with Gasteiger partial charge >= 0.3 is 0 Å². The molecule has 2 rings (SSSR count). The first-order chi connectivity index (χ1) is 9.70. The zero-order chi connectivity index (χ0) is 14.4. The molecule has 2 atom stereocenters. The maximum absolute atomic E-state index is 12.0. The van der Waals surface area contributed by atoms with Gasteiger partial charge in [0, 0.05) is 12.2 Å². The fourth-order valence-electron chi connectivity index (χ4n) is 2.72. The summed E-state index contributed by atoms with van der Waals surface area (Å²) in [6.45, 7) is 2.73. The number of benzene rings is 1. The molecule has 0 aromatic heterocycles. The molecule has 110 valence electrons. The van der Waals surface area contributed by atoms with Gasteiger partial charge in [0.05, 0.1) is 6.10 Å². The number of ether oxygens (including phenoxy) is 1. The molecule has 0 spiro atoms. The summed E-state index contributed by atoms with van der Waals surface area (Å²) in [5.41, 5.74) is 7.37. The third-order valence-electron chi connectivity index (χ3n) is 3.97. The van der Waals surface area contributed by atoms with E-state index in [0.717, 1.165) is 17.7 Å². The van der Waals surface area contributed by atoms with Crippen molar-refractivity contribution in [3.8, 4) is 0 Å². The van der Waals surface area contributed by atoms with Crippen LogP contribution in [0.2, 0.25) is 0 Å². The largest absolute Gasteiger partial charge is 0.368 e. The lowest BCUT2D eigenvalue weighted by Gasteiger charge is -2.28. The lowest BCUT2D eigenvalue weighted by Crippen LogP contribution is -2.30. The second-order valence-electron chi connectivity index (χ2n) is 5.52. The Morgan fingerprint density at radius 1 is 1.35 bits per heavy atom. The summed E-state index contributed by atoms with van der Waals surface area (Å²) in [5, 5.41) is 2.87. The molecule has 1 aliphatic carbocycles. The number of amides is 1. The SMILES string of the molecule is CC1CCCCC1OCC(=O)Nc1ccccc1CN. The molecule has 0 aliphatic heterocycles. The van der Waals surface area contributed by atoms with Gasteiger partial charge in [0.25, 0.3) is 0 Å². The minimum atomic E-state index is -0.108.